The second kappa shape index (κ2) is 9.96. The third-order valence-corrected chi connectivity index (χ3v) is 3.07. The zero-order valence-corrected chi connectivity index (χ0v) is 14.6. The molecule has 0 bridgehead atoms. The highest BCUT2D eigenvalue weighted by molar-refractivity contribution is 5.98. The highest BCUT2D eigenvalue weighted by Gasteiger charge is 2.18. The number of benzene rings is 1. The summed E-state index contributed by atoms with van der Waals surface area (Å²) in [6.45, 7) is 3.45. The monoisotopic (exact) mass is 350 g/mol. The van der Waals surface area contributed by atoms with E-state index in [1.807, 2.05) is 0 Å². The highest BCUT2D eigenvalue weighted by atomic mass is 16.5. The van der Waals surface area contributed by atoms with Gasteiger partial charge in [-0.3, -0.25) is 10.1 Å². The second-order valence-electron chi connectivity index (χ2n) is 4.84. The van der Waals surface area contributed by atoms with Crippen molar-refractivity contribution in [3.63, 3.8) is 0 Å². The van der Waals surface area contributed by atoms with Gasteiger partial charge in [0.25, 0.3) is 5.91 Å². The predicted octanol–water partition coefficient (Wildman–Crippen LogP) is 1.49. The lowest BCUT2D eigenvalue weighted by Gasteiger charge is -2.12. The van der Waals surface area contributed by atoms with E-state index < -0.39 is 24.0 Å². The van der Waals surface area contributed by atoms with Crippen molar-refractivity contribution < 1.29 is 28.6 Å². The van der Waals surface area contributed by atoms with E-state index in [1.165, 1.54) is 27.2 Å². The summed E-state index contributed by atoms with van der Waals surface area (Å²) in [7, 11) is 3.00. The van der Waals surface area contributed by atoms with Crippen molar-refractivity contribution in [1.29, 1.82) is 0 Å². The van der Waals surface area contributed by atoms with Crippen molar-refractivity contribution >= 4 is 24.0 Å². The molecule has 1 atom stereocenters. The maximum atomic E-state index is 11.8. The molecule has 0 saturated carbocycles. The first-order valence-corrected chi connectivity index (χ1v) is 7.61. The highest BCUT2D eigenvalue weighted by Crippen LogP contribution is 2.31. The molecule has 8 heteroatoms. The molecule has 1 aromatic rings. The molecule has 1 aromatic carbocycles. The van der Waals surface area contributed by atoms with E-state index in [9.17, 15) is 14.4 Å². The third-order valence-electron chi connectivity index (χ3n) is 3.07. The maximum Gasteiger partial charge on any atom is 0.331 e. The van der Waals surface area contributed by atoms with Gasteiger partial charge in [-0.05, 0) is 26.0 Å². The molecule has 0 saturated heterocycles. The van der Waals surface area contributed by atoms with E-state index in [4.69, 9.17) is 14.2 Å². The van der Waals surface area contributed by atoms with Gasteiger partial charge in [-0.15, -0.1) is 0 Å². The van der Waals surface area contributed by atoms with Crippen molar-refractivity contribution in [2.24, 2.45) is 0 Å². The van der Waals surface area contributed by atoms with Crippen LogP contribution in [0.2, 0.25) is 0 Å². The minimum absolute atomic E-state index is 0.373. The number of urea groups is 1. The number of nitrogens with one attached hydrogen (secondary N) is 2. The first kappa shape index (κ1) is 20.0. The smallest absolute Gasteiger partial charge is 0.331 e. The van der Waals surface area contributed by atoms with E-state index in [0.29, 0.717) is 23.6 Å². The summed E-state index contributed by atoms with van der Waals surface area (Å²) in [6.07, 6.45) is 1.53. The van der Waals surface area contributed by atoms with Gasteiger partial charge >= 0.3 is 12.0 Å². The lowest BCUT2D eigenvalue weighted by Crippen LogP contribution is -2.44. The Morgan fingerprint density at radius 3 is 2.52 bits per heavy atom. The average Bonchev–Trinajstić information content (AvgIpc) is 2.59. The number of imide groups is 1. The van der Waals surface area contributed by atoms with Crippen LogP contribution in [0.15, 0.2) is 24.3 Å². The Morgan fingerprint density at radius 1 is 1.20 bits per heavy atom. The molecule has 0 aliphatic rings. The lowest BCUT2D eigenvalue weighted by molar-refractivity contribution is -0.149. The summed E-state index contributed by atoms with van der Waals surface area (Å²) < 4.78 is 15.4. The molecule has 0 fully saturated rings. The van der Waals surface area contributed by atoms with Crippen molar-refractivity contribution in [3.8, 4) is 11.5 Å². The van der Waals surface area contributed by atoms with Crippen molar-refractivity contribution in [2.75, 3.05) is 20.8 Å². The first-order valence-electron chi connectivity index (χ1n) is 7.61. The van der Waals surface area contributed by atoms with E-state index in [-0.39, 0.29) is 0 Å². The topological polar surface area (TPSA) is 103 Å². The predicted molar refractivity (Wildman–Crippen MR) is 91.3 cm³/mol. The molecular formula is C17H22N2O6. The number of rotatable bonds is 7. The van der Waals surface area contributed by atoms with Crippen LogP contribution in [-0.4, -0.2) is 44.8 Å². The van der Waals surface area contributed by atoms with Gasteiger partial charge in [-0.2, -0.15) is 0 Å². The number of amides is 3. The minimum Gasteiger partial charge on any atom is -0.493 e. The zero-order valence-electron chi connectivity index (χ0n) is 14.6. The van der Waals surface area contributed by atoms with Crippen LogP contribution in [0.1, 0.15) is 19.4 Å². The van der Waals surface area contributed by atoms with Crippen LogP contribution in [0.4, 0.5) is 4.79 Å². The molecule has 0 aliphatic carbocycles. The van der Waals surface area contributed by atoms with Crippen LogP contribution in [-0.2, 0) is 14.3 Å². The fourth-order valence-electron chi connectivity index (χ4n) is 1.89. The number of hydrogen-bond acceptors (Lipinski definition) is 6. The Kier molecular flexibility index (Phi) is 7.98. The number of ether oxygens (including phenoxy) is 3. The number of hydrogen-bond donors (Lipinski definition) is 2. The summed E-state index contributed by atoms with van der Waals surface area (Å²) in [4.78, 5) is 34.8. The number of carbonyl (C=O) groups excluding carboxylic acids is 3. The molecular weight excluding hydrogens is 328 g/mol. The molecule has 136 valence electrons. The lowest BCUT2D eigenvalue weighted by atomic mass is 10.1. The van der Waals surface area contributed by atoms with E-state index in [1.54, 1.807) is 25.1 Å². The largest absolute Gasteiger partial charge is 0.493 e. The Balaban J connectivity index is 2.69. The molecule has 0 aliphatic heterocycles. The Labute approximate surface area is 146 Å². The van der Waals surface area contributed by atoms with Crippen molar-refractivity contribution in [2.45, 2.75) is 20.0 Å². The zero-order chi connectivity index (χ0) is 18.8. The number of para-hydroxylation sites is 1. The van der Waals surface area contributed by atoms with Gasteiger partial charge in [0, 0.05) is 18.2 Å². The van der Waals surface area contributed by atoms with Crippen LogP contribution in [0.3, 0.4) is 0 Å². The van der Waals surface area contributed by atoms with E-state index in [0.717, 1.165) is 6.08 Å². The van der Waals surface area contributed by atoms with Gasteiger partial charge in [0.05, 0.1) is 14.2 Å². The molecule has 0 heterocycles. The van der Waals surface area contributed by atoms with Gasteiger partial charge in [0.2, 0.25) is 0 Å². The van der Waals surface area contributed by atoms with Gasteiger partial charge in [0.15, 0.2) is 17.6 Å². The Bertz CT molecular complexity index is 657. The first-order chi connectivity index (χ1) is 11.9. The maximum absolute atomic E-state index is 11.8. The molecule has 25 heavy (non-hydrogen) atoms. The molecule has 2 N–H and O–H groups in total. The molecule has 1 rings (SSSR count). The SMILES string of the molecule is CCNC(=O)NC(=O)[C@H](C)OC(=O)/C=C/c1cccc(OC)c1OC. The van der Waals surface area contributed by atoms with Crippen LogP contribution in [0.25, 0.3) is 6.08 Å². The van der Waals surface area contributed by atoms with Crippen LogP contribution in [0.5, 0.6) is 11.5 Å². The van der Waals surface area contributed by atoms with Gasteiger partial charge in [0.1, 0.15) is 0 Å². The summed E-state index contributed by atoms with van der Waals surface area (Å²) in [5.41, 5.74) is 0.609. The molecule has 0 radical (unpaired) electrons. The van der Waals surface area contributed by atoms with E-state index >= 15 is 0 Å². The molecule has 3 amide bonds. The van der Waals surface area contributed by atoms with Crippen molar-refractivity contribution in [3.05, 3.63) is 29.8 Å². The minimum atomic E-state index is -1.12. The normalized spacial score (nSPS) is 11.5. The summed E-state index contributed by atoms with van der Waals surface area (Å²) >= 11 is 0. The van der Waals surface area contributed by atoms with Crippen LogP contribution < -0.4 is 20.1 Å². The number of methoxy groups -OCH3 is 2. The summed E-state index contributed by atoms with van der Waals surface area (Å²) in [6, 6.07) is 4.56. The number of carbonyl (C=O) groups is 3. The molecule has 0 aromatic heterocycles. The summed E-state index contributed by atoms with van der Waals surface area (Å²) in [5, 5.41) is 4.47. The van der Waals surface area contributed by atoms with Gasteiger partial charge in [-0.1, -0.05) is 12.1 Å². The standard InChI is InChI=1S/C17H22N2O6/c1-5-18-17(22)19-16(21)11(2)25-14(20)10-9-12-7-6-8-13(23-3)15(12)24-4/h6-11H,5H2,1-4H3,(H2,18,19,21,22)/b10-9+/t11-/m0/s1. The average molecular weight is 350 g/mol. The fourth-order valence-corrected chi connectivity index (χ4v) is 1.89. The van der Waals surface area contributed by atoms with E-state index in [2.05, 4.69) is 10.6 Å². The summed E-state index contributed by atoms with van der Waals surface area (Å²) in [5.74, 6) is -0.459. The molecule has 0 unspecified atom stereocenters. The third kappa shape index (κ3) is 6.17. The quantitative estimate of drug-likeness (QED) is 0.570. The van der Waals surface area contributed by atoms with Crippen molar-refractivity contribution in [1.82, 2.24) is 10.6 Å². The molecule has 8 nitrogen and oxygen atoms in total. The molecule has 0 spiro atoms. The van der Waals surface area contributed by atoms with Crippen LogP contribution in [0, 0.1) is 0 Å². The Morgan fingerprint density at radius 2 is 1.92 bits per heavy atom. The van der Waals surface area contributed by atoms with Gasteiger partial charge in [-0.25, -0.2) is 9.59 Å². The fraction of sp³-hybridized carbons (Fsp3) is 0.353. The Hall–Kier alpha value is -3.03. The number of esters is 1. The van der Waals surface area contributed by atoms with Gasteiger partial charge < -0.3 is 19.5 Å². The second-order valence-corrected chi connectivity index (χ2v) is 4.84. The van der Waals surface area contributed by atoms with Crippen LogP contribution >= 0.6 is 0 Å².